The first-order chi connectivity index (χ1) is 15.0. The number of aromatic nitrogens is 1. The van der Waals surface area contributed by atoms with Gasteiger partial charge in [0.25, 0.3) is 5.91 Å². The number of benzene rings is 4. The quantitative estimate of drug-likeness (QED) is 0.282. The molecular weight excluding hydrogens is 476 g/mol. The van der Waals surface area contributed by atoms with Crippen LogP contribution in [0.4, 0.5) is 5.69 Å². The van der Waals surface area contributed by atoms with E-state index in [1.54, 1.807) is 18.2 Å². The van der Waals surface area contributed by atoms with E-state index < -0.39 is 0 Å². The molecule has 152 valence electrons. The van der Waals surface area contributed by atoms with E-state index in [2.05, 4.69) is 26.2 Å². The average Bonchev–Trinajstić information content (AvgIpc) is 3.18. The molecule has 31 heavy (non-hydrogen) atoms. The molecule has 0 spiro atoms. The molecule has 4 nitrogen and oxygen atoms in total. The second-order valence-corrected chi connectivity index (χ2v) is 8.54. The number of carbonyl (C=O) groups excluding carboxylic acids is 1. The molecule has 0 saturated heterocycles. The first kappa shape index (κ1) is 19.8. The second-order valence-electron chi connectivity index (χ2n) is 7.28. The minimum absolute atomic E-state index is 0.204. The van der Waals surface area contributed by atoms with Gasteiger partial charge in [0.2, 0.25) is 5.89 Å². The van der Waals surface area contributed by atoms with E-state index in [1.807, 2.05) is 61.5 Å². The SMILES string of the molecule is Cc1ccc2nc(-c3cc(NC(=O)c4cccc5c(Br)cccc45)ccc3Cl)oc2c1. The standard InChI is InChI=1S/C25H16BrClN2O2/c1-14-8-11-22-23(12-14)31-25(29-22)19-13-15(9-10-21(19)27)28-24(30)18-6-2-5-17-16(18)4-3-7-20(17)26/h2-13H,1H3,(H,28,30). The fourth-order valence-electron chi connectivity index (χ4n) is 3.58. The first-order valence-corrected chi connectivity index (χ1v) is 10.8. The second kappa shape index (κ2) is 7.84. The molecule has 0 fully saturated rings. The molecule has 1 N–H and O–H groups in total. The van der Waals surface area contributed by atoms with Gasteiger partial charge in [-0.15, -0.1) is 0 Å². The lowest BCUT2D eigenvalue weighted by Gasteiger charge is -2.10. The number of oxazole rings is 1. The summed E-state index contributed by atoms with van der Waals surface area (Å²) in [6.07, 6.45) is 0. The van der Waals surface area contributed by atoms with E-state index in [-0.39, 0.29) is 5.91 Å². The van der Waals surface area contributed by atoms with Gasteiger partial charge in [0.05, 0.1) is 10.6 Å². The molecule has 5 rings (SSSR count). The molecule has 0 unspecified atom stereocenters. The van der Waals surface area contributed by atoms with E-state index in [1.165, 1.54) is 0 Å². The van der Waals surface area contributed by atoms with Gasteiger partial charge in [-0.1, -0.05) is 57.9 Å². The predicted molar refractivity (Wildman–Crippen MR) is 129 cm³/mol. The summed E-state index contributed by atoms with van der Waals surface area (Å²) >= 11 is 9.97. The van der Waals surface area contributed by atoms with E-state index in [4.69, 9.17) is 16.0 Å². The molecule has 0 radical (unpaired) electrons. The fourth-order valence-corrected chi connectivity index (χ4v) is 4.28. The van der Waals surface area contributed by atoms with Crippen LogP contribution >= 0.6 is 27.5 Å². The minimum atomic E-state index is -0.204. The summed E-state index contributed by atoms with van der Waals surface area (Å²) in [4.78, 5) is 17.6. The van der Waals surface area contributed by atoms with Gasteiger partial charge in [-0.3, -0.25) is 4.79 Å². The molecule has 0 aliphatic carbocycles. The zero-order valence-electron chi connectivity index (χ0n) is 16.4. The van der Waals surface area contributed by atoms with Crippen molar-refractivity contribution in [2.24, 2.45) is 0 Å². The highest BCUT2D eigenvalue weighted by Gasteiger charge is 2.15. The molecule has 0 aliphatic heterocycles. The summed E-state index contributed by atoms with van der Waals surface area (Å²) in [6, 6.07) is 22.6. The number of carbonyl (C=O) groups is 1. The molecule has 0 bridgehead atoms. The van der Waals surface area contributed by atoms with Crippen LogP contribution in [0.1, 0.15) is 15.9 Å². The van der Waals surface area contributed by atoms with Crippen LogP contribution in [0, 0.1) is 6.92 Å². The van der Waals surface area contributed by atoms with Crippen molar-refractivity contribution in [3.8, 4) is 11.5 Å². The van der Waals surface area contributed by atoms with Crippen LogP contribution in [0.5, 0.6) is 0 Å². The Morgan fingerprint density at radius 2 is 1.81 bits per heavy atom. The summed E-state index contributed by atoms with van der Waals surface area (Å²) in [5, 5.41) is 5.32. The molecule has 0 aliphatic rings. The highest BCUT2D eigenvalue weighted by molar-refractivity contribution is 9.10. The Kier molecular flexibility index (Phi) is 5.00. The van der Waals surface area contributed by atoms with Crippen molar-refractivity contribution in [1.29, 1.82) is 0 Å². The maximum atomic E-state index is 13.1. The van der Waals surface area contributed by atoms with E-state index >= 15 is 0 Å². The van der Waals surface area contributed by atoms with Gasteiger partial charge in [0, 0.05) is 15.7 Å². The van der Waals surface area contributed by atoms with Crippen LogP contribution in [0.2, 0.25) is 5.02 Å². The maximum Gasteiger partial charge on any atom is 0.256 e. The van der Waals surface area contributed by atoms with Crippen molar-refractivity contribution >= 4 is 61.0 Å². The maximum absolute atomic E-state index is 13.1. The molecule has 0 atom stereocenters. The van der Waals surface area contributed by atoms with Crippen LogP contribution in [0.3, 0.4) is 0 Å². The lowest BCUT2D eigenvalue weighted by molar-refractivity contribution is 0.102. The van der Waals surface area contributed by atoms with Gasteiger partial charge in [0.1, 0.15) is 5.52 Å². The van der Waals surface area contributed by atoms with Crippen molar-refractivity contribution in [1.82, 2.24) is 4.98 Å². The Morgan fingerprint density at radius 1 is 1.00 bits per heavy atom. The van der Waals surface area contributed by atoms with Gasteiger partial charge >= 0.3 is 0 Å². The highest BCUT2D eigenvalue weighted by atomic mass is 79.9. The Balaban J connectivity index is 1.51. The van der Waals surface area contributed by atoms with Crippen LogP contribution in [0.15, 0.2) is 81.7 Å². The van der Waals surface area contributed by atoms with Crippen molar-refractivity contribution in [2.75, 3.05) is 5.32 Å². The lowest BCUT2D eigenvalue weighted by Crippen LogP contribution is -2.12. The average molecular weight is 492 g/mol. The third-order valence-corrected chi connectivity index (χ3v) is 6.13. The Morgan fingerprint density at radius 3 is 2.68 bits per heavy atom. The first-order valence-electron chi connectivity index (χ1n) is 9.65. The van der Waals surface area contributed by atoms with Crippen molar-refractivity contribution in [3.05, 3.63) is 93.4 Å². The fraction of sp³-hybridized carbons (Fsp3) is 0.0400. The number of amides is 1. The summed E-state index contributed by atoms with van der Waals surface area (Å²) in [5.74, 6) is 0.209. The number of nitrogens with one attached hydrogen (secondary N) is 1. The van der Waals surface area contributed by atoms with E-state index in [9.17, 15) is 4.79 Å². The van der Waals surface area contributed by atoms with Crippen LogP contribution in [-0.2, 0) is 0 Å². The third-order valence-electron chi connectivity index (χ3n) is 5.11. The number of rotatable bonds is 3. The monoisotopic (exact) mass is 490 g/mol. The number of anilines is 1. The molecule has 1 amide bonds. The van der Waals surface area contributed by atoms with Crippen molar-refractivity contribution in [2.45, 2.75) is 6.92 Å². The van der Waals surface area contributed by atoms with Gasteiger partial charge in [-0.2, -0.15) is 0 Å². The smallest absolute Gasteiger partial charge is 0.256 e. The number of hydrogen-bond acceptors (Lipinski definition) is 3. The zero-order valence-corrected chi connectivity index (χ0v) is 18.8. The normalized spacial score (nSPS) is 11.2. The summed E-state index contributed by atoms with van der Waals surface area (Å²) in [6.45, 7) is 2.00. The zero-order chi connectivity index (χ0) is 21.5. The van der Waals surface area contributed by atoms with Gasteiger partial charge in [-0.05, 0) is 65.7 Å². The molecule has 5 aromatic rings. The third kappa shape index (κ3) is 3.71. The summed E-state index contributed by atoms with van der Waals surface area (Å²) < 4.78 is 6.86. The van der Waals surface area contributed by atoms with Crippen LogP contribution < -0.4 is 5.32 Å². The van der Waals surface area contributed by atoms with Crippen molar-refractivity contribution < 1.29 is 9.21 Å². The number of aryl methyl sites for hydroxylation is 1. The van der Waals surface area contributed by atoms with Crippen LogP contribution in [0.25, 0.3) is 33.3 Å². The number of fused-ring (bicyclic) bond motifs is 2. The topological polar surface area (TPSA) is 55.1 Å². The molecule has 1 heterocycles. The Labute approximate surface area is 192 Å². The van der Waals surface area contributed by atoms with E-state index in [0.717, 1.165) is 26.3 Å². The minimum Gasteiger partial charge on any atom is -0.436 e. The van der Waals surface area contributed by atoms with Crippen LogP contribution in [-0.4, -0.2) is 10.9 Å². The summed E-state index contributed by atoms with van der Waals surface area (Å²) in [5.41, 5.74) is 4.36. The number of halogens is 2. The molecule has 4 aromatic carbocycles. The largest absolute Gasteiger partial charge is 0.436 e. The van der Waals surface area contributed by atoms with Crippen molar-refractivity contribution in [3.63, 3.8) is 0 Å². The summed E-state index contributed by atoms with van der Waals surface area (Å²) in [7, 11) is 0. The predicted octanol–water partition coefficient (Wildman–Crippen LogP) is 7.62. The van der Waals surface area contributed by atoms with Gasteiger partial charge < -0.3 is 9.73 Å². The molecule has 1 aromatic heterocycles. The van der Waals surface area contributed by atoms with E-state index in [0.29, 0.717) is 33.3 Å². The highest BCUT2D eigenvalue weighted by Crippen LogP contribution is 2.33. The molecule has 0 saturated carbocycles. The van der Waals surface area contributed by atoms with Gasteiger partial charge in [-0.25, -0.2) is 4.98 Å². The Bertz CT molecular complexity index is 1480. The number of hydrogen-bond donors (Lipinski definition) is 1. The van der Waals surface area contributed by atoms with Gasteiger partial charge in [0.15, 0.2) is 5.58 Å². The molecule has 6 heteroatoms. The molecular formula is C25H16BrClN2O2. The number of nitrogens with zero attached hydrogens (tertiary/aromatic N) is 1. The lowest BCUT2D eigenvalue weighted by atomic mass is 10.0. The Hall–Kier alpha value is -3.15.